The van der Waals surface area contributed by atoms with Crippen molar-refractivity contribution >= 4 is 33.2 Å². The quantitative estimate of drug-likeness (QED) is 0.415. The van der Waals surface area contributed by atoms with E-state index in [4.69, 9.17) is 0 Å². The Morgan fingerprint density at radius 1 is 1.27 bits per heavy atom. The fourth-order valence-corrected chi connectivity index (χ4v) is 4.26. The highest BCUT2D eigenvalue weighted by Crippen LogP contribution is 2.41. The third-order valence-corrected chi connectivity index (χ3v) is 5.83. The lowest BCUT2D eigenvalue weighted by Crippen LogP contribution is -2.22. The normalized spacial score (nSPS) is 12.9. The molecule has 1 aliphatic heterocycles. The van der Waals surface area contributed by atoms with E-state index in [1.54, 1.807) is 0 Å². The molecule has 1 aromatic heterocycles. The molecule has 1 N–H and O–H groups in total. The van der Waals surface area contributed by atoms with Crippen LogP contribution in [0, 0.1) is 10.1 Å². The number of amides is 1. The average Bonchev–Trinajstić information content (AvgIpc) is 3.07. The molecule has 1 amide bonds. The minimum atomic E-state index is -4.67. The summed E-state index contributed by atoms with van der Waals surface area (Å²) in [4.78, 5) is 27.1. The maximum atomic E-state index is 13.7. The molecule has 2 aromatic carbocycles. The number of carbonyl (C=O) groups excluding carboxylic acids is 1. The number of likely N-dealkylation sites (N-methyl/N-ethyl adjacent to an activating group) is 1. The fraction of sp³-hybridized carbons (Fsp3) is 0.200. The highest BCUT2D eigenvalue weighted by Gasteiger charge is 2.37. The third-order valence-electron chi connectivity index (χ3n) is 5.01. The Morgan fingerprint density at radius 3 is 2.70 bits per heavy atom. The van der Waals surface area contributed by atoms with Crippen LogP contribution in [0.1, 0.15) is 28.3 Å². The second-order valence-electron chi connectivity index (χ2n) is 7.01. The molecule has 0 radical (unpaired) electrons. The summed E-state index contributed by atoms with van der Waals surface area (Å²) in [7, 11) is 1.45. The second kappa shape index (κ2) is 8.39. The van der Waals surface area contributed by atoms with Gasteiger partial charge in [-0.05, 0) is 28.1 Å². The topological polar surface area (TPSA) is 115 Å². The molecule has 13 heteroatoms. The molecular formula is C20H14BrF3N6O3. The number of carbonyl (C=O) groups is 1. The number of nitro groups is 1. The SMILES string of the molecule is CNC(=O)Cc1nnc2n1-c1ccc(C(F)(F)F)c(Br)c1C(c1cccc([N+](=O)[O-])c1)=NC2. The largest absolute Gasteiger partial charge is 0.417 e. The first kappa shape index (κ1) is 22.6. The van der Waals surface area contributed by atoms with Crippen LogP contribution >= 0.6 is 15.9 Å². The molecule has 9 nitrogen and oxygen atoms in total. The molecular weight excluding hydrogens is 509 g/mol. The van der Waals surface area contributed by atoms with Crippen LogP contribution in [0.15, 0.2) is 45.9 Å². The van der Waals surface area contributed by atoms with Crippen LogP contribution in [0.5, 0.6) is 0 Å². The van der Waals surface area contributed by atoms with Crippen LogP contribution < -0.4 is 5.32 Å². The van der Waals surface area contributed by atoms with Crippen molar-refractivity contribution in [3.05, 3.63) is 79.3 Å². The van der Waals surface area contributed by atoms with Crippen LogP contribution in [-0.4, -0.2) is 38.4 Å². The third kappa shape index (κ3) is 4.11. The predicted octanol–water partition coefficient (Wildman–Crippen LogP) is 3.60. The molecule has 0 saturated heterocycles. The van der Waals surface area contributed by atoms with E-state index in [9.17, 15) is 28.1 Å². The maximum Gasteiger partial charge on any atom is 0.417 e. The van der Waals surface area contributed by atoms with Crippen LogP contribution in [0.25, 0.3) is 5.69 Å². The van der Waals surface area contributed by atoms with E-state index >= 15 is 0 Å². The number of fused-ring (bicyclic) bond motifs is 3. The van der Waals surface area contributed by atoms with E-state index in [-0.39, 0.29) is 57.4 Å². The number of nitrogens with zero attached hydrogens (tertiary/aromatic N) is 5. The molecule has 170 valence electrons. The van der Waals surface area contributed by atoms with Gasteiger partial charge in [-0.25, -0.2) is 0 Å². The van der Waals surface area contributed by atoms with Gasteiger partial charge in [0.1, 0.15) is 12.4 Å². The van der Waals surface area contributed by atoms with Crippen molar-refractivity contribution in [2.24, 2.45) is 4.99 Å². The van der Waals surface area contributed by atoms with Crippen LogP contribution in [0.2, 0.25) is 0 Å². The van der Waals surface area contributed by atoms with Crippen molar-refractivity contribution in [2.45, 2.75) is 19.1 Å². The van der Waals surface area contributed by atoms with E-state index < -0.39 is 16.7 Å². The van der Waals surface area contributed by atoms with E-state index in [1.807, 2.05) is 0 Å². The van der Waals surface area contributed by atoms with Crippen LogP contribution in [0.3, 0.4) is 0 Å². The lowest BCUT2D eigenvalue weighted by atomic mass is 9.97. The number of hydrogen-bond donors (Lipinski definition) is 1. The monoisotopic (exact) mass is 522 g/mol. The Balaban J connectivity index is 2.01. The summed E-state index contributed by atoms with van der Waals surface area (Å²) in [5.41, 5.74) is -0.480. The van der Waals surface area contributed by atoms with Crippen LogP contribution in [-0.2, 0) is 23.9 Å². The Kier molecular flexibility index (Phi) is 5.74. The van der Waals surface area contributed by atoms with Crippen molar-refractivity contribution < 1.29 is 22.9 Å². The fourth-order valence-electron chi connectivity index (χ4n) is 3.51. The van der Waals surface area contributed by atoms with Gasteiger partial charge in [0.2, 0.25) is 5.91 Å². The zero-order valence-corrected chi connectivity index (χ0v) is 18.4. The summed E-state index contributed by atoms with van der Waals surface area (Å²) < 4.78 is 42.3. The summed E-state index contributed by atoms with van der Waals surface area (Å²) in [6, 6.07) is 7.64. The first-order valence-electron chi connectivity index (χ1n) is 9.45. The molecule has 0 bridgehead atoms. The molecule has 0 atom stereocenters. The number of hydrogen-bond acceptors (Lipinski definition) is 6. The summed E-state index contributed by atoms with van der Waals surface area (Å²) in [5.74, 6) is 0.164. The number of nitrogens with one attached hydrogen (secondary N) is 1. The Hall–Kier alpha value is -3.61. The minimum Gasteiger partial charge on any atom is -0.359 e. The van der Waals surface area contributed by atoms with Crippen molar-refractivity contribution in [1.29, 1.82) is 0 Å². The van der Waals surface area contributed by atoms with Crippen molar-refractivity contribution in [3.63, 3.8) is 0 Å². The van der Waals surface area contributed by atoms with Gasteiger partial charge in [0, 0.05) is 34.8 Å². The summed E-state index contributed by atoms with van der Waals surface area (Å²) >= 11 is 3.08. The first-order valence-corrected chi connectivity index (χ1v) is 10.2. The van der Waals surface area contributed by atoms with Gasteiger partial charge in [0.05, 0.1) is 28.3 Å². The summed E-state index contributed by atoms with van der Waals surface area (Å²) in [6.45, 7) is -0.0682. The van der Waals surface area contributed by atoms with Gasteiger partial charge in [-0.15, -0.1) is 10.2 Å². The Labute approximate surface area is 192 Å². The number of halogens is 4. The smallest absolute Gasteiger partial charge is 0.359 e. The number of benzene rings is 2. The molecule has 0 aliphatic carbocycles. The summed E-state index contributed by atoms with van der Waals surface area (Å²) in [6.07, 6.45) is -4.83. The van der Waals surface area contributed by atoms with Gasteiger partial charge >= 0.3 is 6.18 Å². The molecule has 4 rings (SSSR count). The van der Waals surface area contributed by atoms with Gasteiger partial charge in [-0.1, -0.05) is 12.1 Å². The highest BCUT2D eigenvalue weighted by atomic mass is 79.9. The Bertz CT molecular complexity index is 1320. The molecule has 1 aliphatic rings. The van der Waals surface area contributed by atoms with Crippen molar-refractivity contribution in [2.75, 3.05) is 7.05 Å². The minimum absolute atomic E-state index is 0.0574. The number of rotatable bonds is 4. The van der Waals surface area contributed by atoms with Crippen LogP contribution in [0.4, 0.5) is 18.9 Å². The standard InChI is InChI=1S/C20H14BrF3N6O3/c1-25-16(31)8-14-27-28-15-9-26-19(10-3-2-4-11(7-10)30(32)33)17-13(29(14)15)6-5-12(18(17)21)20(22,23)24/h2-7H,8-9H2,1H3,(H,25,31). The predicted molar refractivity (Wildman–Crippen MR) is 114 cm³/mol. The van der Waals surface area contributed by atoms with E-state index in [1.165, 1.54) is 41.9 Å². The van der Waals surface area contributed by atoms with E-state index in [2.05, 4.69) is 36.4 Å². The number of non-ortho nitro benzene ring substituents is 1. The van der Waals surface area contributed by atoms with E-state index in [0.717, 1.165) is 6.07 Å². The number of aliphatic imine (C=N–C) groups is 1. The zero-order valence-electron chi connectivity index (χ0n) is 16.9. The van der Waals surface area contributed by atoms with Crippen molar-refractivity contribution in [1.82, 2.24) is 20.1 Å². The van der Waals surface area contributed by atoms with Gasteiger partial charge in [-0.3, -0.25) is 24.5 Å². The molecule has 0 unspecified atom stereocenters. The second-order valence-corrected chi connectivity index (χ2v) is 7.80. The zero-order chi connectivity index (χ0) is 23.9. The van der Waals surface area contributed by atoms with Gasteiger partial charge in [-0.2, -0.15) is 13.2 Å². The first-order chi connectivity index (χ1) is 15.6. The molecule has 0 fully saturated rings. The molecule has 2 heterocycles. The molecule has 33 heavy (non-hydrogen) atoms. The Morgan fingerprint density at radius 2 is 2.03 bits per heavy atom. The summed E-state index contributed by atoms with van der Waals surface area (Å²) in [5, 5.41) is 21.8. The van der Waals surface area contributed by atoms with Gasteiger partial charge in [0.25, 0.3) is 5.69 Å². The maximum absolute atomic E-state index is 13.7. The van der Waals surface area contributed by atoms with Crippen molar-refractivity contribution in [3.8, 4) is 5.69 Å². The number of aromatic nitrogens is 3. The average molecular weight is 523 g/mol. The highest BCUT2D eigenvalue weighted by molar-refractivity contribution is 9.10. The number of nitro benzene ring substituents is 1. The lowest BCUT2D eigenvalue weighted by Gasteiger charge is -2.19. The van der Waals surface area contributed by atoms with E-state index in [0.29, 0.717) is 5.82 Å². The molecule has 3 aromatic rings. The molecule has 0 spiro atoms. The lowest BCUT2D eigenvalue weighted by molar-refractivity contribution is -0.384. The van der Waals surface area contributed by atoms with Gasteiger partial charge in [0.15, 0.2) is 5.82 Å². The molecule has 0 saturated carbocycles. The van der Waals surface area contributed by atoms with Gasteiger partial charge < -0.3 is 5.32 Å². The number of alkyl halides is 3.